The Bertz CT molecular complexity index is 485. The first-order valence-corrected chi connectivity index (χ1v) is 9.30. The average molecular weight is 316 g/mol. The molecule has 0 atom stereocenters. The number of hydrogen-bond acceptors (Lipinski definition) is 4. The highest BCUT2D eigenvalue weighted by atomic mass is 32.2. The largest absolute Gasteiger partial charge is 0.330 e. The molecular weight excluding hydrogens is 288 g/mol. The van der Waals surface area contributed by atoms with Crippen molar-refractivity contribution in [3.05, 3.63) is 12.4 Å². The molecule has 21 heavy (non-hydrogen) atoms. The van der Waals surface area contributed by atoms with Crippen LogP contribution in [0, 0.1) is 0 Å². The first-order chi connectivity index (χ1) is 10.1. The van der Waals surface area contributed by atoms with E-state index in [4.69, 9.17) is 5.73 Å². The highest BCUT2D eigenvalue weighted by Gasteiger charge is 2.15. The van der Waals surface area contributed by atoms with Gasteiger partial charge < -0.3 is 5.73 Å². The molecule has 1 aromatic heterocycles. The summed E-state index contributed by atoms with van der Waals surface area (Å²) in [6, 6.07) is 0. The van der Waals surface area contributed by atoms with Crippen LogP contribution in [0.3, 0.4) is 0 Å². The molecule has 6 nitrogen and oxygen atoms in total. The Hall–Kier alpha value is -0.920. The van der Waals surface area contributed by atoms with Gasteiger partial charge in [0.2, 0.25) is 10.0 Å². The summed E-state index contributed by atoms with van der Waals surface area (Å²) in [6.07, 6.45) is 10.6. The Morgan fingerprint density at radius 1 is 1.19 bits per heavy atom. The zero-order chi connectivity index (χ0) is 15.6. The van der Waals surface area contributed by atoms with Crippen LogP contribution in [0.25, 0.3) is 0 Å². The molecule has 1 rings (SSSR count). The molecule has 1 heterocycles. The SMILES string of the molecule is CCCCCCCCNS(=O)(=O)c1cnn(CCCN)c1. The Labute approximate surface area is 128 Å². The van der Waals surface area contributed by atoms with Crippen LogP contribution in [0.1, 0.15) is 51.9 Å². The van der Waals surface area contributed by atoms with Gasteiger partial charge in [0, 0.05) is 19.3 Å². The number of nitrogens with one attached hydrogen (secondary N) is 1. The van der Waals surface area contributed by atoms with Gasteiger partial charge in [-0.05, 0) is 19.4 Å². The third-order valence-electron chi connectivity index (χ3n) is 3.33. The molecule has 0 aliphatic heterocycles. The van der Waals surface area contributed by atoms with Crippen molar-refractivity contribution < 1.29 is 8.42 Å². The van der Waals surface area contributed by atoms with E-state index in [1.54, 1.807) is 10.9 Å². The van der Waals surface area contributed by atoms with Crippen LogP contribution < -0.4 is 10.5 Å². The predicted octanol–water partition coefficient (Wildman–Crippen LogP) is 1.87. The zero-order valence-electron chi connectivity index (χ0n) is 12.9. The summed E-state index contributed by atoms with van der Waals surface area (Å²) in [4.78, 5) is 0.227. The van der Waals surface area contributed by atoms with Crippen molar-refractivity contribution in [3.8, 4) is 0 Å². The quantitative estimate of drug-likeness (QED) is 0.576. The Morgan fingerprint density at radius 2 is 1.90 bits per heavy atom. The van der Waals surface area contributed by atoms with Crippen molar-refractivity contribution in [2.45, 2.75) is 63.3 Å². The van der Waals surface area contributed by atoms with E-state index in [0.717, 1.165) is 19.3 Å². The Balaban J connectivity index is 2.31. The van der Waals surface area contributed by atoms with E-state index in [-0.39, 0.29) is 4.90 Å². The number of sulfonamides is 1. The first-order valence-electron chi connectivity index (χ1n) is 7.82. The Morgan fingerprint density at radius 3 is 2.62 bits per heavy atom. The molecule has 0 bridgehead atoms. The minimum absolute atomic E-state index is 0.227. The summed E-state index contributed by atoms with van der Waals surface area (Å²) in [5.41, 5.74) is 5.42. The van der Waals surface area contributed by atoms with Crippen LogP contribution in [-0.2, 0) is 16.6 Å². The molecule has 0 aliphatic carbocycles. The van der Waals surface area contributed by atoms with E-state index in [9.17, 15) is 8.42 Å². The fraction of sp³-hybridized carbons (Fsp3) is 0.786. The van der Waals surface area contributed by atoms with Gasteiger partial charge in [0.1, 0.15) is 4.90 Å². The molecule has 0 saturated heterocycles. The lowest BCUT2D eigenvalue weighted by molar-refractivity contribution is 0.566. The highest BCUT2D eigenvalue weighted by molar-refractivity contribution is 7.89. The van der Waals surface area contributed by atoms with E-state index >= 15 is 0 Å². The minimum atomic E-state index is -3.43. The number of hydrogen-bond donors (Lipinski definition) is 2. The average Bonchev–Trinajstić information content (AvgIpc) is 2.94. The lowest BCUT2D eigenvalue weighted by atomic mass is 10.1. The fourth-order valence-corrected chi connectivity index (χ4v) is 3.08. The van der Waals surface area contributed by atoms with Crippen molar-refractivity contribution >= 4 is 10.0 Å². The number of nitrogens with zero attached hydrogens (tertiary/aromatic N) is 2. The molecule has 3 N–H and O–H groups in total. The van der Waals surface area contributed by atoms with Gasteiger partial charge in [-0.2, -0.15) is 5.10 Å². The maximum absolute atomic E-state index is 12.1. The van der Waals surface area contributed by atoms with Crippen molar-refractivity contribution in [2.75, 3.05) is 13.1 Å². The lowest BCUT2D eigenvalue weighted by Gasteiger charge is -2.04. The van der Waals surface area contributed by atoms with Gasteiger partial charge in [-0.3, -0.25) is 4.68 Å². The number of rotatable bonds is 12. The van der Waals surface area contributed by atoms with E-state index in [1.807, 2.05) is 0 Å². The van der Waals surface area contributed by atoms with Gasteiger partial charge in [0.05, 0.1) is 6.20 Å². The second-order valence-electron chi connectivity index (χ2n) is 5.25. The molecule has 0 aliphatic rings. The standard InChI is InChI=1S/C14H28N4O2S/c1-2-3-4-5-6-7-10-17-21(19,20)14-12-16-18(13-14)11-8-9-15/h12-13,17H,2-11,15H2,1H3. The number of aryl methyl sites for hydroxylation is 1. The molecule has 0 radical (unpaired) electrons. The van der Waals surface area contributed by atoms with E-state index in [2.05, 4.69) is 16.7 Å². The second-order valence-corrected chi connectivity index (χ2v) is 7.01. The maximum atomic E-state index is 12.1. The van der Waals surface area contributed by atoms with Crippen LogP contribution in [0.5, 0.6) is 0 Å². The third kappa shape index (κ3) is 7.06. The molecule has 0 spiro atoms. The lowest BCUT2D eigenvalue weighted by Crippen LogP contribution is -2.24. The van der Waals surface area contributed by atoms with Crippen molar-refractivity contribution in [1.29, 1.82) is 0 Å². The molecule has 0 unspecified atom stereocenters. The monoisotopic (exact) mass is 316 g/mol. The molecule has 0 saturated carbocycles. The Kier molecular flexibility index (Phi) is 8.56. The van der Waals surface area contributed by atoms with Crippen LogP contribution >= 0.6 is 0 Å². The van der Waals surface area contributed by atoms with Crippen molar-refractivity contribution in [1.82, 2.24) is 14.5 Å². The number of unbranched alkanes of at least 4 members (excludes halogenated alkanes) is 5. The number of aromatic nitrogens is 2. The van der Waals surface area contributed by atoms with Gasteiger partial charge >= 0.3 is 0 Å². The molecule has 0 amide bonds. The normalized spacial score (nSPS) is 11.9. The van der Waals surface area contributed by atoms with Gasteiger partial charge in [-0.25, -0.2) is 13.1 Å². The van der Waals surface area contributed by atoms with E-state index in [1.165, 1.54) is 31.9 Å². The van der Waals surface area contributed by atoms with E-state index in [0.29, 0.717) is 19.6 Å². The summed E-state index contributed by atoms with van der Waals surface area (Å²) in [7, 11) is -3.43. The summed E-state index contributed by atoms with van der Waals surface area (Å²) in [5.74, 6) is 0. The minimum Gasteiger partial charge on any atom is -0.330 e. The van der Waals surface area contributed by atoms with Gasteiger partial charge in [-0.1, -0.05) is 39.0 Å². The molecule has 0 fully saturated rings. The maximum Gasteiger partial charge on any atom is 0.243 e. The van der Waals surface area contributed by atoms with Gasteiger partial charge in [0.15, 0.2) is 0 Å². The number of nitrogens with two attached hydrogens (primary N) is 1. The highest BCUT2D eigenvalue weighted by Crippen LogP contribution is 2.08. The molecule has 0 aromatic carbocycles. The smallest absolute Gasteiger partial charge is 0.243 e. The van der Waals surface area contributed by atoms with Crippen molar-refractivity contribution in [3.63, 3.8) is 0 Å². The van der Waals surface area contributed by atoms with Crippen LogP contribution in [-0.4, -0.2) is 31.3 Å². The predicted molar refractivity (Wildman–Crippen MR) is 84.5 cm³/mol. The summed E-state index contributed by atoms with van der Waals surface area (Å²) >= 11 is 0. The summed E-state index contributed by atoms with van der Waals surface area (Å²) in [6.45, 7) is 3.88. The first kappa shape index (κ1) is 18.1. The van der Waals surface area contributed by atoms with Crippen LogP contribution in [0.4, 0.5) is 0 Å². The molecule has 7 heteroatoms. The summed E-state index contributed by atoms with van der Waals surface area (Å²) in [5, 5.41) is 4.04. The summed E-state index contributed by atoms with van der Waals surface area (Å²) < 4.78 is 28.4. The molecular formula is C14H28N4O2S. The van der Waals surface area contributed by atoms with Crippen LogP contribution in [0.2, 0.25) is 0 Å². The fourth-order valence-electron chi connectivity index (χ4n) is 2.05. The van der Waals surface area contributed by atoms with Crippen molar-refractivity contribution in [2.24, 2.45) is 5.73 Å². The van der Waals surface area contributed by atoms with E-state index < -0.39 is 10.0 Å². The molecule has 122 valence electrons. The zero-order valence-corrected chi connectivity index (χ0v) is 13.7. The molecule has 1 aromatic rings. The second kappa shape index (κ2) is 9.92. The van der Waals surface area contributed by atoms with Gasteiger partial charge in [0.25, 0.3) is 0 Å². The van der Waals surface area contributed by atoms with Crippen LogP contribution in [0.15, 0.2) is 17.3 Å². The van der Waals surface area contributed by atoms with Gasteiger partial charge in [-0.15, -0.1) is 0 Å². The third-order valence-corrected chi connectivity index (χ3v) is 4.75. The topological polar surface area (TPSA) is 90.0 Å².